The zero-order valence-electron chi connectivity index (χ0n) is 16.1. The Morgan fingerprint density at radius 3 is 1.91 bits per heavy atom. The molecule has 0 unspecified atom stereocenters. The standard InChI is InChI=1S/C16H35O5PSi/c1-9-15(21-23(7,8)16(4,5)6)12-14(17)13-22(18,19-10-2)20-11-3/h15H,9-13H2,1-8H3/t15-/m1/s1. The van der Waals surface area contributed by atoms with Crippen LogP contribution >= 0.6 is 7.60 Å². The lowest BCUT2D eigenvalue weighted by atomic mass is 10.1. The van der Waals surface area contributed by atoms with Crippen molar-refractivity contribution in [3.8, 4) is 0 Å². The Kier molecular flexibility index (Phi) is 9.47. The molecular weight excluding hydrogens is 331 g/mol. The smallest absolute Gasteiger partial charge is 0.338 e. The molecule has 0 heterocycles. The zero-order chi connectivity index (χ0) is 18.3. The molecule has 138 valence electrons. The molecule has 0 aliphatic heterocycles. The highest BCUT2D eigenvalue weighted by atomic mass is 31.2. The highest BCUT2D eigenvalue weighted by molar-refractivity contribution is 7.54. The van der Waals surface area contributed by atoms with E-state index in [9.17, 15) is 9.36 Å². The van der Waals surface area contributed by atoms with E-state index in [4.69, 9.17) is 13.5 Å². The van der Waals surface area contributed by atoms with Gasteiger partial charge in [0.15, 0.2) is 8.32 Å². The first kappa shape index (κ1) is 23.0. The lowest BCUT2D eigenvalue weighted by Gasteiger charge is -2.39. The summed E-state index contributed by atoms with van der Waals surface area (Å²) in [5.41, 5.74) is 0. The van der Waals surface area contributed by atoms with Crippen LogP contribution < -0.4 is 0 Å². The van der Waals surface area contributed by atoms with Crippen LogP contribution in [0.2, 0.25) is 18.1 Å². The van der Waals surface area contributed by atoms with Gasteiger partial charge in [0.2, 0.25) is 0 Å². The summed E-state index contributed by atoms with van der Waals surface area (Å²) in [6.45, 7) is 16.9. The number of ketones is 1. The average molecular weight is 367 g/mol. The van der Waals surface area contributed by atoms with Gasteiger partial charge in [-0.2, -0.15) is 0 Å². The van der Waals surface area contributed by atoms with Gasteiger partial charge in [-0.15, -0.1) is 0 Å². The van der Waals surface area contributed by atoms with Crippen molar-refractivity contribution in [2.24, 2.45) is 0 Å². The number of hydrogen-bond donors (Lipinski definition) is 0. The van der Waals surface area contributed by atoms with E-state index in [2.05, 4.69) is 33.9 Å². The van der Waals surface area contributed by atoms with Crippen LogP contribution in [0.3, 0.4) is 0 Å². The lowest BCUT2D eigenvalue weighted by Crippen LogP contribution is -2.44. The minimum Gasteiger partial charge on any atom is -0.414 e. The van der Waals surface area contributed by atoms with Crippen molar-refractivity contribution in [1.29, 1.82) is 0 Å². The van der Waals surface area contributed by atoms with E-state index >= 15 is 0 Å². The molecule has 1 atom stereocenters. The summed E-state index contributed by atoms with van der Waals surface area (Å²) in [5, 5.41) is 0.0927. The summed E-state index contributed by atoms with van der Waals surface area (Å²) >= 11 is 0. The Labute approximate surface area is 143 Å². The third kappa shape index (κ3) is 8.08. The quantitative estimate of drug-likeness (QED) is 0.380. The van der Waals surface area contributed by atoms with Gasteiger partial charge in [0, 0.05) is 6.42 Å². The fourth-order valence-corrected chi connectivity index (χ4v) is 4.96. The molecular formula is C16H35O5PSi. The van der Waals surface area contributed by atoms with Gasteiger partial charge in [-0.25, -0.2) is 0 Å². The van der Waals surface area contributed by atoms with Crippen molar-refractivity contribution in [2.45, 2.75) is 78.6 Å². The van der Waals surface area contributed by atoms with Crippen LogP contribution in [0.5, 0.6) is 0 Å². The van der Waals surface area contributed by atoms with Gasteiger partial charge in [0.05, 0.1) is 19.3 Å². The molecule has 0 fully saturated rings. The third-order valence-electron chi connectivity index (χ3n) is 4.20. The van der Waals surface area contributed by atoms with Crippen molar-refractivity contribution in [3.05, 3.63) is 0 Å². The lowest BCUT2D eigenvalue weighted by molar-refractivity contribution is -0.118. The number of carbonyl (C=O) groups excluding carboxylic acids is 1. The maximum absolute atomic E-state index is 12.4. The van der Waals surface area contributed by atoms with E-state index < -0.39 is 15.9 Å². The predicted octanol–water partition coefficient (Wildman–Crippen LogP) is 5.01. The second-order valence-corrected chi connectivity index (χ2v) is 14.1. The predicted molar refractivity (Wildman–Crippen MR) is 97.7 cm³/mol. The van der Waals surface area contributed by atoms with Gasteiger partial charge in [-0.1, -0.05) is 27.7 Å². The molecule has 0 aliphatic carbocycles. The van der Waals surface area contributed by atoms with Crippen molar-refractivity contribution in [3.63, 3.8) is 0 Å². The minimum atomic E-state index is -3.32. The Morgan fingerprint density at radius 2 is 1.57 bits per heavy atom. The fourth-order valence-electron chi connectivity index (χ4n) is 1.92. The summed E-state index contributed by atoms with van der Waals surface area (Å²) in [7, 11) is -5.25. The Hall–Kier alpha value is -0.00312. The van der Waals surface area contributed by atoms with Crippen LogP contribution in [0.25, 0.3) is 0 Å². The topological polar surface area (TPSA) is 61.8 Å². The number of Topliss-reactive ketones (excluding diaryl/α,β-unsaturated/α-hetero) is 1. The van der Waals surface area contributed by atoms with E-state index in [1.165, 1.54) is 0 Å². The summed E-state index contributed by atoms with van der Waals surface area (Å²) in [6, 6.07) is 0. The molecule has 0 bridgehead atoms. The van der Waals surface area contributed by atoms with Crippen LogP contribution in [0.15, 0.2) is 0 Å². The molecule has 0 rings (SSSR count). The van der Waals surface area contributed by atoms with E-state index in [0.717, 1.165) is 6.42 Å². The van der Waals surface area contributed by atoms with Gasteiger partial charge in [-0.05, 0) is 38.4 Å². The van der Waals surface area contributed by atoms with Gasteiger partial charge in [-0.3, -0.25) is 9.36 Å². The molecule has 0 saturated carbocycles. The summed E-state index contributed by atoms with van der Waals surface area (Å²) < 4.78 is 29.1. The van der Waals surface area contributed by atoms with E-state index in [1.807, 2.05) is 6.92 Å². The number of carbonyl (C=O) groups is 1. The molecule has 0 aromatic carbocycles. The second-order valence-electron chi connectivity index (χ2n) is 7.26. The number of hydrogen-bond acceptors (Lipinski definition) is 5. The maximum atomic E-state index is 12.4. The average Bonchev–Trinajstić information content (AvgIpc) is 2.36. The van der Waals surface area contributed by atoms with Crippen LogP contribution in [0, 0.1) is 0 Å². The second kappa shape index (κ2) is 9.47. The first-order valence-electron chi connectivity index (χ1n) is 8.48. The SMILES string of the molecule is CCOP(=O)(CC(=O)C[C@@H](CC)O[Si](C)(C)C(C)(C)C)OCC. The van der Waals surface area contributed by atoms with Crippen LogP contribution in [-0.2, 0) is 22.8 Å². The van der Waals surface area contributed by atoms with Crippen molar-refractivity contribution in [2.75, 3.05) is 19.4 Å². The van der Waals surface area contributed by atoms with E-state index in [0.29, 0.717) is 0 Å². The summed E-state index contributed by atoms with van der Waals surface area (Å²) in [6.07, 6.45) is 0.700. The molecule has 7 heteroatoms. The molecule has 0 aromatic rings. The van der Waals surface area contributed by atoms with Crippen molar-refractivity contribution < 1.29 is 22.8 Å². The zero-order valence-corrected chi connectivity index (χ0v) is 18.0. The van der Waals surface area contributed by atoms with Crippen molar-refractivity contribution in [1.82, 2.24) is 0 Å². The van der Waals surface area contributed by atoms with Crippen LogP contribution in [0.4, 0.5) is 0 Å². The largest absolute Gasteiger partial charge is 0.414 e. The van der Waals surface area contributed by atoms with Crippen molar-refractivity contribution >= 4 is 21.7 Å². The van der Waals surface area contributed by atoms with Gasteiger partial charge >= 0.3 is 7.60 Å². The molecule has 0 spiro atoms. The van der Waals surface area contributed by atoms with E-state index in [-0.39, 0.29) is 42.7 Å². The van der Waals surface area contributed by atoms with E-state index in [1.54, 1.807) is 13.8 Å². The molecule has 23 heavy (non-hydrogen) atoms. The molecule has 0 saturated heterocycles. The molecule has 0 aromatic heterocycles. The Balaban J connectivity index is 4.81. The summed E-state index contributed by atoms with van der Waals surface area (Å²) in [5.74, 6) is -0.124. The molecule has 0 amide bonds. The first-order chi connectivity index (χ1) is 10.4. The van der Waals surface area contributed by atoms with Gasteiger partial charge < -0.3 is 13.5 Å². The molecule has 0 N–H and O–H groups in total. The normalized spacial score (nSPS) is 14.8. The maximum Gasteiger partial charge on any atom is 0.338 e. The van der Waals surface area contributed by atoms with Gasteiger partial charge in [0.1, 0.15) is 11.9 Å². The highest BCUT2D eigenvalue weighted by Gasteiger charge is 2.39. The number of rotatable bonds is 11. The minimum absolute atomic E-state index is 0.0927. The first-order valence-corrected chi connectivity index (χ1v) is 13.1. The van der Waals surface area contributed by atoms with Gasteiger partial charge in [0.25, 0.3) is 0 Å². The molecule has 0 aliphatic rings. The Morgan fingerprint density at radius 1 is 1.09 bits per heavy atom. The fraction of sp³-hybridized carbons (Fsp3) is 0.938. The Bertz CT molecular complexity index is 407. The third-order valence-corrected chi connectivity index (χ3v) is 10.8. The van der Waals surface area contributed by atoms with Crippen LogP contribution in [0.1, 0.15) is 54.4 Å². The monoisotopic (exact) mass is 366 g/mol. The summed E-state index contributed by atoms with van der Waals surface area (Å²) in [4.78, 5) is 12.3. The molecule has 5 nitrogen and oxygen atoms in total. The molecule has 0 radical (unpaired) electrons. The van der Waals surface area contributed by atoms with Crippen LogP contribution in [-0.4, -0.2) is 39.6 Å². The highest BCUT2D eigenvalue weighted by Crippen LogP contribution is 2.48.